The van der Waals surface area contributed by atoms with Gasteiger partial charge in [0.15, 0.2) is 0 Å². The molecule has 1 aliphatic rings. The fourth-order valence-electron chi connectivity index (χ4n) is 3.56. The molecular weight excluding hydrogens is 362 g/mol. The highest BCUT2D eigenvalue weighted by Gasteiger charge is 2.17. The Morgan fingerprint density at radius 3 is 1.86 bits per heavy atom. The summed E-state index contributed by atoms with van der Waals surface area (Å²) in [6.07, 6.45) is 0. The van der Waals surface area contributed by atoms with Crippen molar-refractivity contribution in [2.75, 3.05) is 48.4 Å². The fraction of sp³-hybridized carbons (Fsp3) is 0.208. The highest BCUT2D eigenvalue weighted by atomic mass is 16.5. The van der Waals surface area contributed by atoms with Gasteiger partial charge >= 0.3 is 0 Å². The number of ether oxygens (including phenoxy) is 1. The molecular formula is C24H25N3O2. The van der Waals surface area contributed by atoms with Crippen LogP contribution in [-0.2, 0) is 0 Å². The van der Waals surface area contributed by atoms with Crippen molar-refractivity contribution in [3.05, 3.63) is 84.4 Å². The molecule has 1 heterocycles. The summed E-state index contributed by atoms with van der Waals surface area (Å²) >= 11 is 0. The minimum Gasteiger partial charge on any atom is -0.497 e. The second-order valence-corrected chi connectivity index (χ2v) is 7.04. The third-order valence-electron chi connectivity index (χ3n) is 5.24. The van der Waals surface area contributed by atoms with Crippen molar-refractivity contribution in [2.45, 2.75) is 0 Å². The average Bonchev–Trinajstić information content (AvgIpc) is 2.80. The highest BCUT2D eigenvalue weighted by molar-refractivity contribution is 6.04. The molecule has 0 aliphatic carbocycles. The molecule has 1 aliphatic heterocycles. The van der Waals surface area contributed by atoms with Crippen molar-refractivity contribution in [3.63, 3.8) is 0 Å². The van der Waals surface area contributed by atoms with Crippen molar-refractivity contribution >= 4 is 23.0 Å². The first-order chi connectivity index (χ1) is 14.2. The Kier molecular flexibility index (Phi) is 5.66. The number of rotatable bonds is 5. The van der Waals surface area contributed by atoms with Crippen LogP contribution in [0.25, 0.3) is 0 Å². The standard InChI is InChI=1S/C24H25N3O2/c1-29-23-13-7-19(8-14-23)24(28)25-20-9-11-22(12-10-20)27-17-15-26(16-18-27)21-5-3-2-4-6-21/h2-14H,15-18H2,1H3,(H,25,28). The van der Waals surface area contributed by atoms with Gasteiger partial charge in [-0.3, -0.25) is 4.79 Å². The number of piperazine rings is 1. The van der Waals surface area contributed by atoms with E-state index in [2.05, 4.69) is 57.6 Å². The predicted molar refractivity (Wildman–Crippen MR) is 118 cm³/mol. The lowest BCUT2D eigenvalue weighted by molar-refractivity contribution is 0.102. The van der Waals surface area contributed by atoms with Gasteiger partial charge in [-0.2, -0.15) is 0 Å². The summed E-state index contributed by atoms with van der Waals surface area (Å²) in [5, 5.41) is 2.95. The number of hydrogen-bond donors (Lipinski definition) is 1. The topological polar surface area (TPSA) is 44.8 Å². The lowest BCUT2D eigenvalue weighted by Crippen LogP contribution is -2.46. The molecule has 5 nitrogen and oxygen atoms in total. The second-order valence-electron chi connectivity index (χ2n) is 7.04. The van der Waals surface area contributed by atoms with E-state index in [9.17, 15) is 4.79 Å². The highest BCUT2D eigenvalue weighted by Crippen LogP contribution is 2.22. The van der Waals surface area contributed by atoms with Crippen LogP contribution in [0.2, 0.25) is 0 Å². The molecule has 148 valence electrons. The molecule has 1 saturated heterocycles. The molecule has 1 fully saturated rings. The quantitative estimate of drug-likeness (QED) is 0.710. The number of benzene rings is 3. The minimum atomic E-state index is -0.128. The number of amides is 1. The lowest BCUT2D eigenvalue weighted by atomic mass is 10.2. The van der Waals surface area contributed by atoms with E-state index >= 15 is 0 Å². The lowest BCUT2D eigenvalue weighted by Gasteiger charge is -2.37. The van der Waals surface area contributed by atoms with Crippen LogP contribution < -0.4 is 19.9 Å². The first-order valence-electron chi connectivity index (χ1n) is 9.83. The van der Waals surface area contributed by atoms with Crippen molar-refractivity contribution in [1.29, 1.82) is 0 Å². The maximum absolute atomic E-state index is 12.4. The van der Waals surface area contributed by atoms with E-state index in [-0.39, 0.29) is 5.91 Å². The number of methoxy groups -OCH3 is 1. The van der Waals surface area contributed by atoms with E-state index in [1.807, 2.05) is 12.1 Å². The van der Waals surface area contributed by atoms with Crippen LogP contribution in [0.15, 0.2) is 78.9 Å². The second kappa shape index (κ2) is 8.69. The molecule has 0 bridgehead atoms. The van der Waals surface area contributed by atoms with Crippen LogP contribution in [0.5, 0.6) is 5.75 Å². The summed E-state index contributed by atoms with van der Waals surface area (Å²) in [4.78, 5) is 17.2. The number of carbonyl (C=O) groups is 1. The van der Waals surface area contributed by atoms with Gasteiger partial charge in [-0.25, -0.2) is 0 Å². The zero-order valence-corrected chi connectivity index (χ0v) is 16.5. The van der Waals surface area contributed by atoms with Gasteiger partial charge in [0, 0.05) is 48.8 Å². The Morgan fingerprint density at radius 1 is 0.759 bits per heavy atom. The maximum atomic E-state index is 12.4. The first kappa shape index (κ1) is 18.9. The Labute approximate surface area is 171 Å². The molecule has 1 amide bonds. The fourth-order valence-corrected chi connectivity index (χ4v) is 3.56. The van der Waals surface area contributed by atoms with Gasteiger partial charge in [0.2, 0.25) is 0 Å². The van der Waals surface area contributed by atoms with E-state index in [1.54, 1.807) is 31.4 Å². The van der Waals surface area contributed by atoms with Gasteiger partial charge in [-0.15, -0.1) is 0 Å². The van der Waals surface area contributed by atoms with Crippen molar-refractivity contribution in [1.82, 2.24) is 0 Å². The molecule has 0 saturated carbocycles. The summed E-state index contributed by atoms with van der Waals surface area (Å²) in [6, 6.07) is 25.7. The van der Waals surface area contributed by atoms with E-state index < -0.39 is 0 Å². The molecule has 29 heavy (non-hydrogen) atoms. The summed E-state index contributed by atoms with van der Waals surface area (Å²) in [5.41, 5.74) is 3.85. The molecule has 5 heteroatoms. The maximum Gasteiger partial charge on any atom is 0.255 e. The van der Waals surface area contributed by atoms with Crippen LogP contribution in [-0.4, -0.2) is 39.2 Å². The molecule has 4 rings (SSSR count). The normalized spacial score (nSPS) is 13.8. The van der Waals surface area contributed by atoms with Crippen LogP contribution in [0.3, 0.4) is 0 Å². The van der Waals surface area contributed by atoms with E-state index in [1.165, 1.54) is 11.4 Å². The minimum absolute atomic E-state index is 0.128. The van der Waals surface area contributed by atoms with Crippen LogP contribution in [0, 0.1) is 0 Å². The Hall–Kier alpha value is -3.47. The van der Waals surface area contributed by atoms with Gasteiger partial charge in [-0.05, 0) is 60.7 Å². The molecule has 3 aromatic carbocycles. The van der Waals surface area contributed by atoms with Crippen molar-refractivity contribution in [3.8, 4) is 5.75 Å². The molecule has 0 aromatic heterocycles. The number of nitrogens with one attached hydrogen (secondary N) is 1. The zero-order valence-electron chi connectivity index (χ0n) is 16.5. The first-order valence-corrected chi connectivity index (χ1v) is 9.83. The Bertz CT molecular complexity index is 932. The average molecular weight is 387 g/mol. The van der Waals surface area contributed by atoms with E-state index in [0.717, 1.165) is 37.6 Å². The monoisotopic (exact) mass is 387 g/mol. The molecule has 0 radical (unpaired) electrons. The molecule has 1 N–H and O–H groups in total. The number of nitrogens with zero attached hydrogens (tertiary/aromatic N) is 2. The molecule has 0 unspecified atom stereocenters. The van der Waals surface area contributed by atoms with Gasteiger partial charge in [0.05, 0.1) is 7.11 Å². The number of hydrogen-bond acceptors (Lipinski definition) is 4. The largest absolute Gasteiger partial charge is 0.497 e. The molecule has 3 aromatic rings. The van der Waals surface area contributed by atoms with Crippen LogP contribution in [0.1, 0.15) is 10.4 Å². The predicted octanol–water partition coefficient (Wildman–Crippen LogP) is 4.27. The Balaban J connectivity index is 1.34. The van der Waals surface area contributed by atoms with Gasteiger partial charge < -0.3 is 19.9 Å². The third-order valence-corrected chi connectivity index (χ3v) is 5.24. The van der Waals surface area contributed by atoms with Crippen LogP contribution >= 0.6 is 0 Å². The zero-order chi connectivity index (χ0) is 20.1. The molecule has 0 spiro atoms. The van der Waals surface area contributed by atoms with Crippen molar-refractivity contribution in [2.24, 2.45) is 0 Å². The number of carbonyl (C=O) groups excluding carboxylic acids is 1. The summed E-state index contributed by atoms with van der Waals surface area (Å²) < 4.78 is 5.13. The number of para-hydroxylation sites is 1. The van der Waals surface area contributed by atoms with E-state index in [0.29, 0.717) is 5.56 Å². The van der Waals surface area contributed by atoms with Crippen LogP contribution in [0.4, 0.5) is 17.1 Å². The number of anilines is 3. The smallest absolute Gasteiger partial charge is 0.255 e. The van der Waals surface area contributed by atoms with E-state index in [4.69, 9.17) is 4.74 Å². The molecule has 0 atom stereocenters. The van der Waals surface area contributed by atoms with Crippen molar-refractivity contribution < 1.29 is 9.53 Å². The summed E-state index contributed by atoms with van der Waals surface area (Å²) in [7, 11) is 1.61. The Morgan fingerprint density at radius 2 is 1.31 bits per heavy atom. The van der Waals surface area contributed by atoms with Gasteiger partial charge in [0.1, 0.15) is 5.75 Å². The SMILES string of the molecule is COc1ccc(C(=O)Nc2ccc(N3CCN(c4ccccc4)CC3)cc2)cc1. The third kappa shape index (κ3) is 4.51. The summed E-state index contributed by atoms with van der Waals surface area (Å²) in [5.74, 6) is 0.607. The van der Waals surface area contributed by atoms with Gasteiger partial charge in [-0.1, -0.05) is 18.2 Å². The van der Waals surface area contributed by atoms with Gasteiger partial charge in [0.25, 0.3) is 5.91 Å². The summed E-state index contributed by atoms with van der Waals surface area (Å²) in [6.45, 7) is 3.96.